The number of carbonyl (C=O) groups is 7. The number of hydrogen-bond donors (Lipinski definition) is 10. The molecule has 1 radical (unpaired) electrons. The molecule has 507 valence electrons. The fourth-order valence-corrected chi connectivity index (χ4v) is 17.1. The molecular formula is C61H90CoN13O15P-4. The Morgan fingerprint density at radius 1 is 0.780 bits per heavy atom. The van der Waals surface area contributed by atoms with Crippen molar-refractivity contribution in [2.45, 2.75) is 193 Å². The van der Waals surface area contributed by atoms with E-state index in [1.54, 1.807) is 18.2 Å². The zero-order valence-corrected chi connectivity index (χ0v) is 55.2. The van der Waals surface area contributed by atoms with Crippen LogP contribution in [0.1, 0.15) is 139 Å². The van der Waals surface area contributed by atoms with Crippen LogP contribution < -0.4 is 44.5 Å². The van der Waals surface area contributed by atoms with Gasteiger partial charge in [0, 0.05) is 74.3 Å². The average molecular weight is 1340 g/mol. The van der Waals surface area contributed by atoms with Gasteiger partial charge in [-0.1, -0.05) is 53.6 Å². The Hall–Kier alpha value is -6.14. The van der Waals surface area contributed by atoms with Crippen LogP contribution in [0.5, 0.6) is 5.75 Å². The molecule has 1 aromatic heterocycles. The van der Waals surface area contributed by atoms with Gasteiger partial charge in [-0.25, -0.2) is 9.55 Å². The van der Waals surface area contributed by atoms with Crippen LogP contribution in [0.4, 0.5) is 0 Å². The standard InChI is InChI=1S/C61H90N13O15P.Co/c1-29(88-90(84,85)89-52-40(27-75)87-56(51(52)83)74-28-69-38-21-32(86-10)11-15-39(38)74)26-68-48(82)19-20-58(6)36(22-45(65)79)55-61(9)60(8,25-47(67)81)35(14-18-44(64)78)50(73-61)31(3)54-59(7,24-46(66)80)33(12-16-42(62)76)37(70-54)23-41-57(4,5)34(13-17-43(63)77)49(71-41)30(2)53(58)72-55;/h11,15,21,23,28-29,33-37,40,49-52,55-56,75,83H,12-14,16-20,22,24-27H2,1-10H3,(H2,62,76)(H2,63,77)(H2,64,78)(H2,65,79)(H2,66,80)(H2,67,81)(H,68,82)(H,84,85);/q-4;/b41-23-,53-30-,54-31-;. The Labute approximate surface area is 540 Å². The van der Waals surface area contributed by atoms with Crippen LogP contribution in [0.2, 0.25) is 0 Å². The van der Waals surface area contributed by atoms with E-state index in [1.165, 1.54) is 24.9 Å². The topological polar surface area (TPSA) is 477 Å². The van der Waals surface area contributed by atoms with Gasteiger partial charge in [-0.15, -0.1) is 34.8 Å². The molecule has 5 fully saturated rings. The molecule has 18 atom stereocenters. The number of aliphatic hydroxyl groups excluding tert-OH is 2. The van der Waals surface area contributed by atoms with Gasteiger partial charge in [0.25, 0.3) is 0 Å². The Kier molecular flexibility index (Phi) is 21.8. The molecule has 8 rings (SSSR count). The van der Waals surface area contributed by atoms with Crippen molar-refractivity contribution in [1.29, 1.82) is 0 Å². The van der Waals surface area contributed by atoms with E-state index >= 15 is 0 Å². The van der Waals surface area contributed by atoms with Gasteiger partial charge in [0.15, 0.2) is 6.23 Å². The third kappa shape index (κ3) is 14.1. The molecule has 18 unspecified atom stereocenters. The summed E-state index contributed by atoms with van der Waals surface area (Å²) in [6.45, 7) is 15.5. The van der Waals surface area contributed by atoms with E-state index in [9.17, 15) is 53.2 Å². The van der Waals surface area contributed by atoms with E-state index in [0.717, 1.165) is 0 Å². The van der Waals surface area contributed by atoms with Crippen molar-refractivity contribution in [3.63, 3.8) is 0 Å². The third-order valence-electron chi connectivity index (χ3n) is 20.8. The number of imidazole rings is 1. The number of nitrogens with two attached hydrogens (primary N) is 6. The minimum Gasteiger partial charge on any atom is -0.685 e. The van der Waals surface area contributed by atoms with E-state index in [4.69, 9.17) is 74.2 Å². The van der Waals surface area contributed by atoms with Crippen LogP contribution in [0.15, 0.2) is 58.8 Å². The minimum atomic E-state index is -5.08. The predicted octanol–water partition coefficient (Wildman–Crippen LogP) is 4.24. The number of phosphoric ester groups is 1. The Morgan fingerprint density at radius 3 is 1.96 bits per heavy atom. The van der Waals surface area contributed by atoms with Crippen LogP contribution in [-0.4, -0.2) is 140 Å². The molecule has 91 heavy (non-hydrogen) atoms. The van der Waals surface area contributed by atoms with E-state index in [1.807, 2.05) is 61.5 Å². The van der Waals surface area contributed by atoms with E-state index < -0.39 is 161 Å². The maximum Gasteiger partial charge on any atom is 0.472 e. The Morgan fingerprint density at radius 2 is 1.37 bits per heavy atom. The number of methoxy groups -OCH3 is 1. The summed E-state index contributed by atoms with van der Waals surface area (Å²) in [5, 5.41) is 46.8. The van der Waals surface area contributed by atoms with E-state index in [0.29, 0.717) is 45.0 Å². The van der Waals surface area contributed by atoms with Gasteiger partial charge in [0.05, 0.1) is 37.2 Å². The molecule has 0 spiro atoms. The number of benzene rings is 1. The number of aromatic nitrogens is 2. The number of phosphoric acid groups is 1. The van der Waals surface area contributed by atoms with Crippen LogP contribution in [0.25, 0.3) is 32.3 Å². The van der Waals surface area contributed by atoms with Crippen molar-refractivity contribution in [2.75, 3.05) is 20.3 Å². The number of aliphatic hydroxyl groups is 2. The van der Waals surface area contributed by atoms with Crippen LogP contribution in [0.3, 0.4) is 0 Å². The summed E-state index contributed by atoms with van der Waals surface area (Å²) in [7, 11) is -3.58. The van der Waals surface area contributed by atoms with Crippen molar-refractivity contribution in [3.8, 4) is 5.75 Å². The fraction of sp³-hybridized carbons (Fsp3) is 0.672. The van der Waals surface area contributed by atoms with E-state index in [2.05, 4.69) is 10.3 Å². The second-order valence-electron chi connectivity index (χ2n) is 27.0. The average Bonchev–Trinajstić information content (AvgIpc) is 1.53. The molecule has 7 amide bonds. The monoisotopic (exact) mass is 1330 g/mol. The van der Waals surface area contributed by atoms with Gasteiger partial charge in [0.2, 0.25) is 41.4 Å². The first-order valence-electron chi connectivity index (χ1n) is 30.6. The number of carbonyl (C=O) groups excluding carboxylic acids is 7. The molecule has 5 saturated heterocycles. The quantitative estimate of drug-likeness (QED) is 0.0559. The molecule has 6 aliphatic heterocycles. The Bertz CT molecular complexity index is 3310. The number of allylic oxidation sites excluding steroid dienone is 3. The van der Waals surface area contributed by atoms with Gasteiger partial charge in [-0.3, -0.25) is 42.6 Å². The zero-order chi connectivity index (χ0) is 66.5. The maximum atomic E-state index is 14.4. The van der Waals surface area contributed by atoms with Gasteiger partial charge < -0.3 is 90.1 Å². The van der Waals surface area contributed by atoms with Crippen molar-refractivity contribution in [2.24, 2.45) is 79.7 Å². The molecule has 0 saturated carbocycles. The van der Waals surface area contributed by atoms with Gasteiger partial charge in [0.1, 0.15) is 24.1 Å². The second kappa shape index (κ2) is 27.4. The molecule has 6 aliphatic rings. The fourth-order valence-electron chi connectivity index (χ4n) is 16.0. The molecular weight excluding hydrogens is 1240 g/mol. The first-order valence-corrected chi connectivity index (χ1v) is 32.1. The first kappa shape index (κ1) is 72.3. The number of nitrogens with zero attached hydrogens (tertiary/aromatic N) is 6. The van der Waals surface area contributed by atoms with Crippen LogP contribution in [-0.2, 0) is 68.7 Å². The second-order valence-corrected chi connectivity index (χ2v) is 28.3. The van der Waals surface area contributed by atoms with Gasteiger partial charge in [-0.05, 0) is 104 Å². The molecule has 30 heteroatoms. The summed E-state index contributed by atoms with van der Waals surface area (Å²) in [4.78, 5) is 109. The van der Waals surface area contributed by atoms with Crippen molar-refractivity contribution >= 4 is 60.2 Å². The van der Waals surface area contributed by atoms with Crippen molar-refractivity contribution in [3.05, 3.63) is 80.1 Å². The normalized spacial score (nSPS) is 36.3. The largest absolute Gasteiger partial charge is 0.685 e. The van der Waals surface area contributed by atoms with Crippen LogP contribution >= 0.6 is 7.82 Å². The minimum absolute atomic E-state index is 0. The summed E-state index contributed by atoms with van der Waals surface area (Å²) in [6.07, 6.45) is -4.17. The summed E-state index contributed by atoms with van der Waals surface area (Å²) >= 11 is 0. The summed E-state index contributed by atoms with van der Waals surface area (Å²) in [5.41, 5.74) is 34.0. The number of ether oxygens (including phenoxy) is 2. The van der Waals surface area contributed by atoms with E-state index in [-0.39, 0.29) is 94.0 Å². The zero-order valence-electron chi connectivity index (χ0n) is 53.3. The first-order chi connectivity index (χ1) is 42.0. The van der Waals surface area contributed by atoms with Crippen LogP contribution in [0, 0.1) is 45.3 Å². The molecule has 28 nitrogen and oxygen atoms in total. The number of nitrogens with one attached hydrogen (secondary N) is 1. The summed E-state index contributed by atoms with van der Waals surface area (Å²) in [5.74, 6) is -6.37. The predicted molar refractivity (Wildman–Crippen MR) is 330 cm³/mol. The number of amides is 7. The Balaban J connectivity index is 0.0000118. The maximum absolute atomic E-state index is 14.4. The molecule has 2 aromatic rings. The molecule has 16 N–H and O–H groups in total. The summed E-state index contributed by atoms with van der Waals surface area (Å²) in [6, 6.07) is 1.70. The molecule has 0 aliphatic carbocycles. The number of hydrogen-bond acceptors (Lipinski definition) is 15. The van der Waals surface area contributed by atoms with Crippen molar-refractivity contribution in [1.82, 2.24) is 14.9 Å². The molecule has 7 heterocycles. The number of primary amides is 6. The number of rotatable bonds is 27. The van der Waals surface area contributed by atoms with Gasteiger partial charge >= 0.3 is 7.82 Å². The smallest absolute Gasteiger partial charge is 0.472 e. The molecule has 8 bridgehead atoms. The van der Waals surface area contributed by atoms with Gasteiger partial charge in [-0.2, -0.15) is 17.1 Å². The molecule has 1 aromatic carbocycles. The van der Waals surface area contributed by atoms with Crippen molar-refractivity contribution < 1.29 is 88.5 Å². The number of fused-ring (bicyclic) bond motifs is 10. The summed E-state index contributed by atoms with van der Waals surface area (Å²) < 4.78 is 37.4. The SMILES string of the molecule is COc1ccc2c(c1)ncn2C1OC(CO)C(OP(=O)(O)OC(C)CNC(=O)CCC2(C)/C3=C(\C)C4[N-]/C(=C\C5[N-]/C(=C(/C)C6[N-]C(C)(C([N-]3)C2CC(N)=O)C(C)(CC(N)=O)C6CCC(N)=O)C(C)(CC(N)=O)C5CCC(N)=O)C(C)(C)C4CCC(N)=O)C1O.[Co]. The third-order valence-corrected chi connectivity index (χ3v) is 21.9.